The van der Waals surface area contributed by atoms with E-state index in [-0.39, 0.29) is 5.41 Å². The van der Waals surface area contributed by atoms with Crippen molar-refractivity contribution < 1.29 is 0 Å². The fourth-order valence-electron chi connectivity index (χ4n) is 3.09. The van der Waals surface area contributed by atoms with E-state index in [2.05, 4.69) is 65.8 Å². The molecule has 1 heterocycles. The van der Waals surface area contributed by atoms with Gasteiger partial charge in [-0.2, -0.15) is 0 Å². The minimum Gasteiger partial charge on any atom is -0.139 e. The van der Waals surface area contributed by atoms with Crippen molar-refractivity contribution in [2.45, 2.75) is 71.6 Å². The van der Waals surface area contributed by atoms with Gasteiger partial charge in [-0.1, -0.05) is 59.7 Å². The number of benzene rings is 1. The van der Waals surface area contributed by atoms with E-state index in [4.69, 9.17) is 0 Å². The third kappa shape index (κ3) is 2.44. The lowest BCUT2D eigenvalue weighted by molar-refractivity contribution is 0.506. The first kappa shape index (κ1) is 15.8. The van der Waals surface area contributed by atoms with Crippen molar-refractivity contribution >= 4 is 11.3 Å². The summed E-state index contributed by atoms with van der Waals surface area (Å²) in [5.41, 5.74) is 6.62. The molecule has 0 atom stereocenters. The zero-order valence-electron chi connectivity index (χ0n) is 14.8. The van der Waals surface area contributed by atoms with E-state index in [9.17, 15) is 0 Å². The molecule has 0 radical (unpaired) electrons. The smallest absolute Gasteiger partial charge is 0.0384 e. The molecule has 1 aliphatic carbocycles. The average molecular weight is 313 g/mol. The summed E-state index contributed by atoms with van der Waals surface area (Å²) in [7, 11) is 0. The third-order valence-corrected chi connectivity index (χ3v) is 7.33. The molecule has 1 aliphatic rings. The molecule has 0 nitrogen and oxygen atoms in total. The normalized spacial score (nSPS) is 14.1. The molecule has 0 aliphatic heterocycles. The predicted molar refractivity (Wildman–Crippen MR) is 99.2 cm³/mol. The Labute approximate surface area is 139 Å². The first-order valence-corrected chi connectivity index (χ1v) is 9.37. The monoisotopic (exact) mass is 312 g/mol. The Hall–Kier alpha value is -1.08. The topological polar surface area (TPSA) is 0 Å². The zero-order chi connectivity index (χ0) is 16.1. The van der Waals surface area contributed by atoms with Gasteiger partial charge < -0.3 is 0 Å². The van der Waals surface area contributed by atoms with Crippen molar-refractivity contribution in [3.05, 3.63) is 45.8 Å². The Morgan fingerprint density at radius 2 is 1.59 bits per heavy atom. The van der Waals surface area contributed by atoms with Crippen LogP contribution in [0.15, 0.2) is 24.3 Å². The minimum absolute atomic E-state index is 0.278. The van der Waals surface area contributed by atoms with Crippen molar-refractivity contribution in [2.24, 2.45) is 0 Å². The number of hydrogen-bond donors (Lipinski definition) is 0. The molecule has 1 aromatic carbocycles. The van der Waals surface area contributed by atoms with Crippen molar-refractivity contribution in [2.75, 3.05) is 0 Å². The van der Waals surface area contributed by atoms with Crippen LogP contribution in [-0.2, 0) is 17.3 Å². The van der Waals surface area contributed by atoms with Gasteiger partial charge in [-0.15, -0.1) is 11.3 Å². The van der Waals surface area contributed by atoms with Gasteiger partial charge >= 0.3 is 0 Å². The Morgan fingerprint density at radius 1 is 0.909 bits per heavy atom. The van der Waals surface area contributed by atoms with Crippen LogP contribution >= 0.6 is 11.3 Å². The molecule has 0 spiro atoms. The van der Waals surface area contributed by atoms with Crippen LogP contribution in [0.4, 0.5) is 0 Å². The van der Waals surface area contributed by atoms with E-state index in [1.54, 1.807) is 10.4 Å². The van der Waals surface area contributed by atoms with Gasteiger partial charge in [0.05, 0.1) is 0 Å². The van der Waals surface area contributed by atoms with Gasteiger partial charge in [-0.05, 0) is 58.4 Å². The maximum absolute atomic E-state index is 2.47. The summed E-state index contributed by atoms with van der Waals surface area (Å²) in [4.78, 5) is 3.07. The Morgan fingerprint density at radius 3 is 2.23 bits per heavy atom. The maximum Gasteiger partial charge on any atom is 0.0384 e. The fourth-order valence-corrected chi connectivity index (χ4v) is 4.50. The number of hydrogen-bond acceptors (Lipinski definition) is 1. The summed E-state index contributed by atoms with van der Waals surface area (Å²) in [5, 5.41) is 0. The fraction of sp³-hybridized carbons (Fsp3) is 0.524. The van der Waals surface area contributed by atoms with Crippen LogP contribution in [0.1, 0.15) is 76.0 Å². The molecule has 0 saturated carbocycles. The summed E-state index contributed by atoms with van der Waals surface area (Å²) in [6.07, 6.45) is 3.50. The first-order valence-electron chi connectivity index (χ1n) is 8.55. The number of fused-ring (bicyclic) bond motifs is 3. The summed E-state index contributed by atoms with van der Waals surface area (Å²) >= 11 is 2.02. The van der Waals surface area contributed by atoms with Gasteiger partial charge in [-0.3, -0.25) is 0 Å². The van der Waals surface area contributed by atoms with E-state index < -0.39 is 0 Å². The molecular weight excluding hydrogens is 284 g/mol. The highest BCUT2D eigenvalue weighted by molar-refractivity contribution is 7.16. The molecule has 22 heavy (non-hydrogen) atoms. The van der Waals surface area contributed by atoms with Crippen LogP contribution in [0.3, 0.4) is 0 Å². The lowest BCUT2D eigenvalue weighted by atomic mass is 9.81. The second-order valence-corrected chi connectivity index (χ2v) is 9.04. The van der Waals surface area contributed by atoms with Crippen LogP contribution < -0.4 is 0 Å². The van der Waals surface area contributed by atoms with Crippen LogP contribution in [0.2, 0.25) is 0 Å². The number of rotatable bonds is 4. The third-order valence-electron chi connectivity index (χ3n) is 5.76. The molecule has 0 bridgehead atoms. The Bertz CT molecular complexity index is 701. The van der Waals surface area contributed by atoms with E-state index >= 15 is 0 Å². The Balaban J connectivity index is 2.00. The van der Waals surface area contributed by atoms with Crippen molar-refractivity contribution in [3.63, 3.8) is 0 Å². The molecule has 0 unspecified atom stereocenters. The molecule has 1 heteroatoms. The molecular formula is C21H28S. The van der Waals surface area contributed by atoms with Gasteiger partial charge in [-0.25, -0.2) is 0 Å². The van der Waals surface area contributed by atoms with E-state index in [0.717, 1.165) is 6.42 Å². The summed E-state index contributed by atoms with van der Waals surface area (Å²) in [6.45, 7) is 14.0. The van der Waals surface area contributed by atoms with E-state index in [0.29, 0.717) is 5.41 Å². The molecule has 0 fully saturated rings. The lowest BCUT2D eigenvalue weighted by Gasteiger charge is -2.24. The largest absolute Gasteiger partial charge is 0.139 e. The second kappa shape index (κ2) is 5.23. The molecule has 3 rings (SSSR count). The predicted octanol–water partition coefficient (Wildman–Crippen LogP) is 6.69. The lowest BCUT2D eigenvalue weighted by Crippen LogP contribution is -2.15. The SMILES string of the molecule is CCC(C)(C)c1ccc2c(c1)Cc1cc(C(C)(C)CC)sc1-2. The van der Waals surface area contributed by atoms with Crippen molar-refractivity contribution in [1.82, 2.24) is 0 Å². The molecule has 118 valence electrons. The van der Waals surface area contributed by atoms with Gasteiger partial charge in [0.1, 0.15) is 0 Å². The van der Waals surface area contributed by atoms with Crippen molar-refractivity contribution in [1.29, 1.82) is 0 Å². The van der Waals surface area contributed by atoms with Gasteiger partial charge in [0.15, 0.2) is 0 Å². The molecule has 2 aromatic rings. The van der Waals surface area contributed by atoms with Gasteiger partial charge in [0.2, 0.25) is 0 Å². The first-order chi connectivity index (χ1) is 10.3. The van der Waals surface area contributed by atoms with E-state index in [1.807, 2.05) is 11.3 Å². The summed E-state index contributed by atoms with van der Waals surface area (Å²) in [5.74, 6) is 0. The van der Waals surface area contributed by atoms with Gasteiger partial charge in [0, 0.05) is 9.75 Å². The highest BCUT2D eigenvalue weighted by Gasteiger charge is 2.28. The standard InChI is InChI=1S/C21H28S/c1-7-20(3,4)16-9-10-17-14(12-16)11-15-13-18(22-19(15)17)21(5,6)8-2/h9-10,12-13H,7-8,11H2,1-6H3. The van der Waals surface area contributed by atoms with Crippen LogP contribution in [0.25, 0.3) is 10.4 Å². The van der Waals surface area contributed by atoms with Crippen LogP contribution in [0.5, 0.6) is 0 Å². The quantitative estimate of drug-likeness (QED) is 0.503. The molecule has 0 N–H and O–H groups in total. The minimum atomic E-state index is 0.278. The second-order valence-electron chi connectivity index (χ2n) is 7.99. The van der Waals surface area contributed by atoms with Gasteiger partial charge in [0.25, 0.3) is 0 Å². The molecule has 0 amide bonds. The summed E-state index contributed by atoms with van der Waals surface area (Å²) in [6, 6.07) is 9.64. The van der Waals surface area contributed by atoms with E-state index in [1.165, 1.54) is 34.4 Å². The zero-order valence-corrected chi connectivity index (χ0v) is 15.7. The molecule has 0 saturated heterocycles. The average Bonchev–Trinajstić information content (AvgIpc) is 3.04. The Kier molecular flexibility index (Phi) is 3.76. The molecule has 1 aromatic heterocycles. The maximum atomic E-state index is 2.47. The number of thiophene rings is 1. The highest BCUT2D eigenvalue weighted by Crippen LogP contribution is 2.47. The summed E-state index contributed by atoms with van der Waals surface area (Å²) < 4.78 is 0. The van der Waals surface area contributed by atoms with Crippen molar-refractivity contribution in [3.8, 4) is 10.4 Å². The van der Waals surface area contributed by atoms with Crippen LogP contribution in [-0.4, -0.2) is 0 Å². The highest BCUT2D eigenvalue weighted by atomic mass is 32.1. The van der Waals surface area contributed by atoms with Crippen LogP contribution in [0, 0.1) is 0 Å².